The minimum absolute atomic E-state index is 0.118. The third-order valence-electron chi connectivity index (χ3n) is 3.80. The Bertz CT molecular complexity index is 773. The molecule has 0 radical (unpaired) electrons. The molecule has 0 saturated carbocycles. The van der Waals surface area contributed by atoms with Gasteiger partial charge in [0.1, 0.15) is 5.82 Å². The van der Waals surface area contributed by atoms with Gasteiger partial charge in [0.05, 0.1) is 29.5 Å². The highest BCUT2D eigenvalue weighted by Crippen LogP contribution is 2.25. The Labute approximate surface area is 156 Å². The molecule has 0 fully saturated rings. The van der Waals surface area contributed by atoms with Crippen LogP contribution in [0.3, 0.4) is 0 Å². The fourth-order valence-electron chi connectivity index (χ4n) is 2.65. The van der Waals surface area contributed by atoms with Crippen LogP contribution in [0.4, 0.5) is 14.9 Å². The summed E-state index contributed by atoms with van der Waals surface area (Å²) in [6.45, 7) is 5.34. The lowest BCUT2D eigenvalue weighted by Crippen LogP contribution is -2.29. The van der Waals surface area contributed by atoms with Crippen LogP contribution in [-0.4, -0.2) is 30.7 Å². The molecule has 0 atom stereocenters. The number of esters is 2. The largest absolute Gasteiger partial charge is 0.463 e. The quantitative estimate of drug-likeness (QED) is 0.739. The molecular formula is C19H23FN2O5. The maximum Gasteiger partial charge on any atom is 0.338 e. The van der Waals surface area contributed by atoms with Gasteiger partial charge in [-0.25, -0.2) is 18.8 Å². The van der Waals surface area contributed by atoms with Crippen molar-refractivity contribution in [2.75, 3.05) is 11.9 Å². The predicted molar refractivity (Wildman–Crippen MR) is 96.6 cm³/mol. The van der Waals surface area contributed by atoms with E-state index in [9.17, 15) is 18.8 Å². The van der Waals surface area contributed by atoms with Gasteiger partial charge >= 0.3 is 18.0 Å². The predicted octanol–water partition coefficient (Wildman–Crippen LogP) is 3.51. The highest BCUT2D eigenvalue weighted by atomic mass is 19.1. The van der Waals surface area contributed by atoms with E-state index in [1.165, 1.54) is 12.1 Å². The number of hydrogen-bond acceptors (Lipinski definition) is 5. The average Bonchev–Trinajstić information content (AvgIpc) is 3.04. The second kappa shape index (κ2) is 9.16. The van der Waals surface area contributed by atoms with Crippen molar-refractivity contribution in [1.29, 1.82) is 0 Å². The van der Waals surface area contributed by atoms with E-state index < -0.39 is 23.8 Å². The van der Waals surface area contributed by atoms with Crippen LogP contribution in [0.5, 0.6) is 0 Å². The van der Waals surface area contributed by atoms with Crippen LogP contribution in [0, 0.1) is 5.82 Å². The number of hydrogen-bond donors (Lipinski definition) is 2. The summed E-state index contributed by atoms with van der Waals surface area (Å²) in [5.74, 6) is -1.77. The van der Waals surface area contributed by atoms with E-state index in [4.69, 9.17) is 9.47 Å². The van der Waals surface area contributed by atoms with Gasteiger partial charge in [0.25, 0.3) is 0 Å². The average molecular weight is 378 g/mol. The number of carbonyl (C=O) groups excluding carboxylic acids is 3. The number of allylic oxidation sites excluding steroid dienone is 1. The topological polar surface area (TPSA) is 93.7 Å². The molecule has 8 heteroatoms. The Morgan fingerprint density at radius 3 is 2.56 bits per heavy atom. The lowest BCUT2D eigenvalue weighted by molar-refractivity contribution is -0.138. The maximum atomic E-state index is 14.0. The first-order valence-electron chi connectivity index (χ1n) is 8.79. The third-order valence-corrected chi connectivity index (χ3v) is 3.80. The molecule has 1 aliphatic carbocycles. The number of carbonyl (C=O) groups is 3. The van der Waals surface area contributed by atoms with Crippen molar-refractivity contribution < 1.29 is 28.2 Å². The summed E-state index contributed by atoms with van der Waals surface area (Å²) < 4.78 is 24.0. The van der Waals surface area contributed by atoms with Crippen LogP contribution in [0.2, 0.25) is 0 Å². The molecule has 146 valence electrons. The summed E-state index contributed by atoms with van der Waals surface area (Å²) in [7, 11) is 0. The van der Waals surface area contributed by atoms with Crippen molar-refractivity contribution in [3.05, 3.63) is 40.8 Å². The molecule has 0 unspecified atom stereocenters. The molecule has 0 aromatic heterocycles. The van der Waals surface area contributed by atoms with Crippen LogP contribution >= 0.6 is 0 Å². The van der Waals surface area contributed by atoms with Gasteiger partial charge in [0.15, 0.2) is 0 Å². The second-order valence-corrected chi connectivity index (χ2v) is 6.26. The lowest BCUT2D eigenvalue weighted by atomic mass is 10.2. The molecule has 1 aromatic rings. The van der Waals surface area contributed by atoms with Crippen molar-refractivity contribution in [1.82, 2.24) is 5.32 Å². The van der Waals surface area contributed by atoms with Crippen LogP contribution in [0.1, 0.15) is 50.4 Å². The Hall–Kier alpha value is -2.90. The molecule has 2 amide bonds. The smallest absolute Gasteiger partial charge is 0.338 e. The van der Waals surface area contributed by atoms with Crippen LogP contribution in [0.25, 0.3) is 0 Å². The Kier molecular flexibility index (Phi) is 6.92. The molecule has 1 aromatic carbocycles. The number of benzene rings is 1. The van der Waals surface area contributed by atoms with Crippen molar-refractivity contribution in [3.8, 4) is 0 Å². The molecule has 27 heavy (non-hydrogen) atoms. The highest BCUT2D eigenvalue weighted by Gasteiger charge is 2.23. The molecule has 7 nitrogen and oxygen atoms in total. The van der Waals surface area contributed by atoms with Crippen molar-refractivity contribution in [3.63, 3.8) is 0 Å². The van der Waals surface area contributed by atoms with E-state index in [-0.39, 0.29) is 24.0 Å². The number of nitrogens with one attached hydrogen (secondary N) is 2. The van der Waals surface area contributed by atoms with E-state index in [1.807, 2.05) is 0 Å². The normalized spacial score (nSPS) is 13.5. The van der Waals surface area contributed by atoms with Gasteiger partial charge in [0, 0.05) is 5.70 Å². The summed E-state index contributed by atoms with van der Waals surface area (Å²) in [6.07, 6.45) is 1.43. The molecule has 0 aliphatic heterocycles. The van der Waals surface area contributed by atoms with Gasteiger partial charge in [-0.1, -0.05) is 0 Å². The van der Waals surface area contributed by atoms with Gasteiger partial charge in [-0.2, -0.15) is 0 Å². The second-order valence-electron chi connectivity index (χ2n) is 6.26. The molecular weight excluding hydrogens is 355 g/mol. The molecule has 0 saturated heterocycles. The number of amides is 2. The van der Waals surface area contributed by atoms with Crippen molar-refractivity contribution in [2.45, 2.75) is 46.1 Å². The zero-order valence-corrected chi connectivity index (χ0v) is 15.6. The summed E-state index contributed by atoms with van der Waals surface area (Å²) in [5.41, 5.74) is 0.832. The maximum absolute atomic E-state index is 14.0. The number of ether oxygens (including phenoxy) is 2. The monoisotopic (exact) mass is 378 g/mol. The summed E-state index contributed by atoms with van der Waals surface area (Å²) in [5, 5.41) is 4.93. The lowest BCUT2D eigenvalue weighted by Gasteiger charge is -2.12. The van der Waals surface area contributed by atoms with Crippen LogP contribution in [0.15, 0.2) is 29.5 Å². The minimum Gasteiger partial charge on any atom is -0.463 e. The summed E-state index contributed by atoms with van der Waals surface area (Å²) in [6, 6.07) is 2.85. The molecule has 0 spiro atoms. The van der Waals surface area contributed by atoms with E-state index in [2.05, 4.69) is 10.6 Å². The first kappa shape index (κ1) is 20.4. The minimum atomic E-state index is -0.707. The zero-order chi connectivity index (χ0) is 20.0. The Morgan fingerprint density at radius 1 is 1.15 bits per heavy atom. The molecule has 0 heterocycles. The standard InChI is InChI=1S/C19H23FN2O5/c1-4-26-18(24)13-6-5-7-15(13)21-19(25)22-16-10-12(8-9-14(16)20)17(23)27-11(2)3/h8-11H,4-7H2,1-3H3,(H2,21,22,25). The molecule has 2 rings (SSSR count). The molecule has 2 N–H and O–H groups in total. The fraction of sp³-hybridized carbons (Fsp3) is 0.421. The first-order valence-corrected chi connectivity index (χ1v) is 8.79. The molecule has 0 bridgehead atoms. The van der Waals surface area contributed by atoms with E-state index in [0.29, 0.717) is 30.5 Å². The van der Waals surface area contributed by atoms with Gasteiger partial charge in [0.2, 0.25) is 0 Å². The number of anilines is 1. The van der Waals surface area contributed by atoms with Crippen LogP contribution in [-0.2, 0) is 14.3 Å². The van der Waals surface area contributed by atoms with E-state index in [1.54, 1.807) is 20.8 Å². The van der Waals surface area contributed by atoms with Crippen LogP contribution < -0.4 is 10.6 Å². The highest BCUT2D eigenvalue weighted by molar-refractivity contribution is 5.96. The Balaban J connectivity index is 2.10. The summed E-state index contributed by atoms with van der Waals surface area (Å²) >= 11 is 0. The van der Waals surface area contributed by atoms with Gasteiger partial charge in [-0.3, -0.25) is 0 Å². The van der Waals surface area contributed by atoms with Gasteiger partial charge < -0.3 is 20.1 Å². The van der Waals surface area contributed by atoms with E-state index >= 15 is 0 Å². The van der Waals surface area contributed by atoms with Gasteiger partial charge in [-0.05, 0) is 58.2 Å². The zero-order valence-electron chi connectivity index (χ0n) is 15.6. The van der Waals surface area contributed by atoms with Crippen molar-refractivity contribution >= 4 is 23.7 Å². The number of halogens is 1. The fourth-order valence-corrected chi connectivity index (χ4v) is 2.65. The SMILES string of the molecule is CCOC(=O)C1=C(NC(=O)Nc2cc(C(=O)OC(C)C)ccc2F)CCC1. The van der Waals surface area contributed by atoms with E-state index in [0.717, 1.165) is 6.07 Å². The first-order chi connectivity index (χ1) is 12.8. The summed E-state index contributed by atoms with van der Waals surface area (Å²) in [4.78, 5) is 36.0. The van der Waals surface area contributed by atoms with Crippen molar-refractivity contribution in [2.24, 2.45) is 0 Å². The number of urea groups is 1. The Morgan fingerprint density at radius 2 is 1.89 bits per heavy atom. The third kappa shape index (κ3) is 5.54. The number of rotatable bonds is 6. The molecule has 1 aliphatic rings. The van der Waals surface area contributed by atoms with Gasteiger partial charge in [-0.15, -0.1) is 0 Å².